The molecule has 0 bridgehead atoms. The van der Waals surface area contributed by atoms with Crippen molar-refractivity contribution in [3.05, 3.63) is 23.9 Å². The van der Waals surface area contributed by atoms with Gasteiger partial charge in [-0.2, -0.15) is 0 Å². The van der Waals surface area contributed by atoms with Gasteiger partial charge in [0.15, 0.2) is 5.82 Å². The van der Waals surface area contributed by atoms with Crippen LogP contribution in [0.15, 0.2) is 16.7 Å². The molecule has 0 atom stereocenters. The first-order valence-electron chi connectivity index (χ1n) is 3.00. The molecular weight excluding hydrogens is 119 g/mol. The molecule has 1 aromatic rings. The molecule has 0 saturated carbocycles. The summed E-state index contributed by atoms with van der Waals surface area (Å²) in [4.78, 5) is 0. The molecule has 1 aromatic heterocycles. The van der Waals surface area contributed by atoms with Crippen LogP contribution in [0.1, 0.15) is 19.6 Å². The lowest BCUT2D eigenvalue weighted by Gasteiger charge is -1.75. The van der Waals surface area contributed by atoms with Gasteiger partial charge in [-0.25, -0.2) is 4.39 Å². The monoisotopic (exact) mass is 130 g/mol. The van der Waals surface area contributed by atoms with Crippen LogP contribution in [-0.2, 0) is 0 Å². The van der Waals surface area contributed by atoms with Crippen molar-refractivity contribution in [1.82, 2.24) is 0 Å². The van der Waals surface area contributed by atoms with Gasteiger partial charge in [0, 0.05) is 6.07 Å². The quantitative estimate of drug-likeness (QED) is 0.526. The number of hydrogen-bond donors (Lipinski definition) is 0. The zero-order valence-corrected chi connectivity index (χ0v) is 5.94. The van der Waals surface area contributed by atoms with E-state index in [0.717, 1.165) is 0 Å². The van der Waals surface area contributed by atoms with Gasteiger partial charge in [-0.15, -0.1) is 0 Å². The molecule has 0 radical (unpaired) electrons. The van der Waals surface area contributed by atoms with Gasteiger partial charge in [0.1, 0.15) is 5.76 Å². The minimum atomic E-state index is -0.278. The summed E-state index contributed by atoms with van der Waals surface area (Å²) in [6.07, 6.45) is 1.32. The Kier molecular flexibility index (Phi) is 3.76. The van der Waals surface area contributed by atoms with Crippen molar-refractivity contribution in [1.29, 1.82) is 0 Å². The summed E-state index contributed by atoms with van der Waals surface area (Å²) in [7, 11) is 0. The minimum Gasteiger partial charge on any atom is -0.466 e. The van der Waals surface area contributed by atoms with Crippen LogP contribution in [0.25, 0.3) is 0 Å². The van der Waals surface area contributed by atoms with Crippen molar-refractivity contribution in [3.63, 3.8) is 0 Å². The van der Waals surface area contributed by atoms with Crippen LogP contribution in [0.3, 0.4) is 0 Å². The lowest BCUT2D eigenvalue weighted by Crippen LogP contribution is -1.65. The number of halogens is 1. The van der Waals surface area contributed by atoms with Crippen molar-refractivity contribution in [2.45, 2.75) is 20.8 Å². The van der Waals surface area contributed by atoms with Crippen LogP contribution in [0.2, 0.25) is 0 Å². The summed E-state index contributed by atoms with van der Waals surface area (Å²) >= 11 is 0. The van der Waals surface area contributed by atoms with E-state index >= 15 is 0 Å². The smallest absolute Gasteiger partial charge is 0.164 e. The van der Waals surface area contributed by atoms with E-state index in [2.05, 4.69) is 4.42 Å². The summed E-state index contributed by atoms with van der Waals surface area (Å²) in [6, 6.07) is 1.29. The lowest BCUT2D eigenvalue weighted by atomic mass is 10.5. The van der Waals surface area contributed by atoms with Crippen LogP contribution in [0.5, 0.6) is 0 Å². The second-order valence-corrected chi connectivity index (χ2v) is 1.32. The van der Waals surface area contributed by atoms with Gasteiger partial charge < -0.3 is 4.42 Å². The fourth-order valence-electron chi connectivity index (χ4n) is 0.369. The van der Waals surface area contributed by atoms with Crippen molar-refractivity contribution in [3.8, 4) is 0 Å². The third-order valence-electron chi connectivity index (χ3n) is 0.796. The number of hydrogen-bond acceptors (Lipinski definition) is 1. The molecule has 2 heteroatoms. The molecular formula is C7H11FO. The standard InChI is InChI=1S/C5H5FO.C2H6/c1-4-5(6)2-3-7-4;1-2/h2-3H,1H3;1-2H3. The van der Waals surface area contributed by atoms with E-state index < -0.39 is 0 Å². The maximum Gasteiger partial charge on any atom is 0.164 e. The first-order chi connectivity index (χ1) is 4.30. The molecule has 0 aliphatic rings. The van der Waals surface area contributed by atoms with Crippen LogP contribution < -0.4 is 0 Å². The predicted octanol–water partition coefficient (Wildman–Crippen LogP) is 2.75. The highest BCUT2D eigenvalue weighted by atomic mass is 19.1. The summed E-state index contributed by atoms with van der Waals surface area (Å²) in [5.41, 5.74) is 0. The van der Waals surface area contributed by atoms with E-state index in [1.807, 2.05) is 13.8 Å². The van der Waals surface area contributed by atoms with Crippen molar-refractivity contribution in [2.24, 2.45) is 0 Å². The van der Waals surface area contributed by atoms with E-state index in [-0.39, 0.29) is 5.82 Å². The molecule has 0 unspecified atom stereocenters. The Hall–Kier alpha value is -0.790. The largest absolute Gasteiger partial charge is 0.466 e. The third-order valence-corrected chi connectivity index (χ3v) is 0.796. The van der Waals surface area contributed by atoms with E-state index in [1.54, 1.807) is 6.92 Å². The maximum absolute atomic E-state index is 12.0. The van der Waals surface area contributed by atoms with Crippen molar-refractivity contribution < 1.29 is 8.81 Å². The summed E-state index contributed by atoms with van der Waals surface area (Å²) in [5, 5.41) is 0. The number of rotatable bonds is 0. The molecule has 52 valence electrons. The Labute approximate surface area is 54.5 Å². The van der Waals surface area contributed by atoms with Crippen LogP contribution in [0, 0.1) is 12.7 Å². The Morgan fingerprint density at radius 1 is 1.44 bits per heavy atom. The van der Waals surface area contributed by atoms with E-state index in [0.29, 0.717) is 5.76 Å². The molecule has 0 aromatic carbocycles. The van der Waals surface area contributed by atoms with Crippen LogP contribution in [-0.4, -0.2) is 0 Å². The second-order valence-electron chi connectivity index (χ2n) is 1.32. The van der Waals surface area contributed by atoms with E-state index in [9.17, 15) is 4.39 Å². The Morgan fingerprint density at radius 3 is 2.11 bits per heavy atom. The molecule has 0 N–H and O–H groups in total. The normalized spacial score (nSPS) is 8.00. The highest BCUT2D eigenvalue weighted by Crippen LogP contribution is 2.03. The lowest BCUT2D eigenvalue weighted by molar-refractivity contribution is 0.497. The molecule has 1 rings (SSSR count). The highest BCUT2D eigenvalue weighted by Gasteiger charge is 1.94. The fraction of sp³-hybridized carbons (Fsp3) is 0.429. The van der Waals surface area contributed by atoms with Gasteiger partial charge in [-0.3, -0.25) is 0 Å². The molecule has 0 saturated heterocycles. The van der Waals surface area contributed by atoms with Gasteiger partial charge in [0.05, 0.1) is 6.26 Å². The number of furan rings is 1. The van der Waals surface area contributed by atoms with Gasteiger partial charge in [0.25, 0.3) is 0 Å². The molecule has 0 spiro atoms. The predicted molar refractivity (Wildman–Crippen MR) is 34.8 cm³/mol. The van der Waals surface area contributed by atoms with Crippen molar-refractivity contribution in [2.75, 3.05) is 0 Å². The summed E-state index contributed by atoms with van der Waals surface area (Å²) in [6.45, 7) is 5.58. The fourth-order valence-corrected chi connectivity index (χ4v) is 0.369. The topological polar surface area (TPSA) is 13.1 Å². The molecule has 0 amide bonds. The Morgan fingerprint density at radius 2 is 2.00 bits per heavy atom. The van der Waals surface area contributed by atoms with Crippen molar-refractivity contribution >= 4 is 0 Å². The van der Waals surface area contributed by atoms with Crippen LogP contribution in [0.4, 0.5) is 4.39 Å². The summed E-state index contributed by atoms with van der Waals surface area (Å²) in [5.74, 6) is 0.0694. The minimum absolute atomic E-state index is 0.278. The molecule has 1 nitrogen and oxygen atoms in total. The van der Waals surface area contributed by atoms with E-state index in [4.69, 9.17) is 0 Å². The first kappa shape index (κ1) is 8.21. The van der Waals surface area contributed by atoms with Gasteiger partial charge >= 0.3 is 0 Å². The molecule has 0 aliphatic heterocycles. The van der Waals surface area contributed by atoms with Crippen LogP contribution >= 0.6 is 0 Å². The molecule has 0 fully saturated rings. The average molecular weight is 130 g/mol. The average Bonchev–Trinajstić information content (AvgIpc) is 2.23. The molecule has 0 aliphatic carbocycles. The maximum atomic E-state index is 12.0. The highest BCUT2D eigenvalue weighted by molar-refractivity contribution is 4.98. The zero-order valence-electron chi connectivity index (χ0n) is 5.94. The summed E-state index contributed by atoms with van der Waals surface area (Å²) < 4.78 is 16.6. The third kappa shape index (κ3) is 2.31. The molecule has 1 heterocycles. The second kappa shape index (κ2) is 4.13. The van der Waals surface area contributed by atoms with Gasteiger partial charge in [0.2, 0.25) is 0 Å². The molecule has 9 heavy (non-hydrogen) atoms. The zero-order chi connectivity index (χ0) is 7.28. The van der Waals surface area contributed by atoms with E-state index in [1.165, 1.54) is 12.3 Å². The Bertz CT molecular complexity index is 141. The van der Waals surface area contributed by atoms with Gasteiger partial charge in [-0.05, 0) is 6.92 Å². The van der Waals surface area contributed by atoms with Gasteiger partial charge in [-0.1, -0.05) is 13.8 Å². The number of aryl methyl sites for hydroxylation is 1. The SMILES string of the molecule is CC.Cc1occc1F. The first-order valence-corrected chi connectivity index (χ1v) is 3.00. The Balaban J connectivity index is 0.000000291.